The Morgan fingerprint density at radius 3 is 2.04 bits per heavy atom. The van der Waals surface area contributed by atoms with Crippen molar-refractivity contribution in [1.29, 1.82) is 0 Å². The summed E-state index contributed by atoms with van der Waals surface area (Å²) in [5.74, 6) is -0.675. The van der Waals surface area contributed by atoms with Crippen molar-refractivity contribution in [2.24, 2.45) is 0 Å². The van der Waals surface area contributed by atoms with Crippen LogP contribution in [0.4, 0.5) is 0 Å². The lowest BCUT2D eigenvalue weighted by molar-refractivity contribution is -0.137. The molecular formula is C20H36O3. The van der Waals surface area contributed by atoms with Gasteiger partial charge in [-0.1, -0.05) is 57.6 Å². The van der Waals surface area contributed by atoms with E-state index >= 15 is 0 Å². The Morgan fingerprint density at radius 1 is 0.870 bits per heavy atom. The molecule has 1 fully saturated rings. The number of carboxylic acid groups (broad SMARTS) is 1. The summed E-state index contributed by atoms with van der Waals surface area (Å²) in [5.41, 5.74) is 0. The Bertz CT molecular complexity index is 325. The number of unbranched alkanes of at least 4 members (excludes halogenated alkanes) is 8. The van der Waals surface area contributed by atoms with Crippen molar-refractivity contribution in [3.63, 3.8) is 0 Å². The first-order valence-electron chi connectivity index (χ1n) is 9.76. The van der Waals surface area contributed by atoms with Gasteiger partial charge in [0.15, 0.2) is 0 Å². The third kappa shape index (κ3) is 12.3. The summed E-state index contributed by atoms with van der Waals surface area (Å²) >= 11 is 0. The number of hydrogen-bond acceptors (Lipinski definition) is 2. The van der Waals surface area contributed by atoms with Gasteiger partial charge >= 0.3 is 5.97 Å². The first-order valence-corrected chi connectivity index (χ1v) is 9.76. The number of rotatable bonds is 16. The van der Waals surface area contributed by atoms with E-state index in [0.29, 0.717) is 18.6 Å². The van der Waals surface area contributed by atoms with Crippen LogP contribution in [-0.4, -0.2) is 23.3 Å². The molecule has 0 aromatic heterocycles. The summed E-state index contributed by atoms with van der Waals surface area (Å²) in [4.78, 5) is 10.4. The number of allylic oxidation sites excluding steroid dienone is 2. The van der Waals surface area contributed by atoms with E-state index in [2.05, 4.69) is 19.1 Å². The molecule has 1 rings (SSSR count). The molecule has 0 unspecified atom stereocenters. The van der Waals surface area contributed by atoms with Gasteiger partial charge in [-0.2, -0.15) is 0 Å². The van der Waals surface area contributed by atoms with Gasteiger partial charge < -0.3 is 9.84 Å². The molecule has 0 bridgehead atoms. The maximum atomic E-state index is 10.4. The highest BCUT2D eigenvalue weighted by atomic mass is 16.6. The molecule has 0 radical (unpaired) electrons. The number of carboxylic acids is 1. The number of carbonyl (C=O) groups is 1. The largest absolute Gasteiger partial charge is 0.481 e. The van der Waals surface area contributed by atoms with E-state index in [1.54, 1.807) is 0 Å². The molecule has 23 heavy (non-hydrogen) atoms. The number of aliphatic carboxylic acids is 1. The van der Waals surface area contributed by atoms with Crippen LogP contribution in [0.25, 0.3) is 0 Å². The van der Waals surface area contributed by atoms with Crippen LogP contribution in [0, 0.1) is 0 Å². The highest BCUT2D eigenvalue weighted by Gasteiger charge is 2.36. The van der Waals surface area contributed by atoms with E-state index in [-0.39, 0.29) is 0 Å². The summed E-state index contributed by atoms with van der Waals surface area (Å²) in [6, 6.07) is 0. The molecule has 2 atom stereocenters. The predicted molar refractivity (Wildman–Crippen MR) is 95.7 cm³/mol. The Balaban J connectivity index is 1.80. The highest BCUT2D eigenvalue weighted by molar-refractivity contribution is 5.66. The van der Waals surface area contributed by atoms with Crippen LogP contribution in [0.15, 0.2) is 12.2 Å². The van der Waals surface area contributed by atoms with E-state index in [1.165, 1.54) is 57.8 Å². The van der Waals surface area contributed by atoms with Crippen molar-refractivity contribution in [1.82, 2.24) is 0 Å². The van der Waals surface area contributed by atoms with Crippen molar-refractivity contribution in [2.75, 3.05) is 0 Å². The van der Waals surface area contributed by atoms with Gasteiger partial charge in [-0.15, -0.1) is 0 Å². The standard InChI is InChI=1S/C20H36O3/c1-2-3-4-5-6-7-8-9-12-15-18-19(23-18)16-13-10-11-14-17-20(21)22/h6-7,18-19H,2-5,8-17H2,1H3,(H,21,22)/b7-6-/t18-,19-/m1/s1. The SMILES string of the molecule is CCCCC/C=C\CCCC[C@H]1O[C@@H]1CCCCCCC(=O)O. The first kappa shape index (κ1) is 20.2. The zero-order valence-electron chi connectivity index (χ0n) is 15.0. The summed E-state index contributed by atoms with van der Waals surface area (Å²) < 4.78 is 5.72. The minimum atomic E-state index is -0.675. The average molecular weight is 325 g/mol. The van der Waals surface area contributed by atoms with Crippen LogP contribution in [0.5, 0.6) is 0 Å². The maximum absolute atomic E-state index is 10.4. The topological polar surface area (TPSA) is 49.8 Å². The van der Waals surface area contributed by atoms with Gasteiger partial charge in [-0.3, -0.25) is 4.79 Å². The van der Waals surface area contributed by atoms with Crippen LogP contribution in [0.2, 0.25) is 0 Å². The predicted octanol–water partition coefficient (Wildman–Crippen LogP) is 5.88. The molecule has 1 heterocycles. The monoisotopic (exact) mass is 324 g/mol. The van der Waals surface area contributed by atoms with E-state index in [0.717, 1.165) is 25.7 Å². The molecule has 0 aromatic rings. The smallest absolute Gasteiger partial charge is 0.303 e. The van der Waals surface area contributed by atoms with Crippen LogP contribution in [-0.2, 0) is 9.53 Å². The van der Waals surface area contributed by atoms with Crippen molar-refractivity contribution < 1.29 is 14.6 Å². The molecule has 0 spiro atoms. The van der Waals surface area contributed by atoms with Gasteiger partial charge in [0.2, 0.25) is 0 Å². The normalized spacial score (nSPS) is 20.2. The van der Waals surface area contributed by atoms with Crippen LogP contribution < -0.4 is 0 Å². The molecule has 0 aliphatic carbocycles. The minimum Gasteiger partial charge on any atom is -0.481 e. The molecule has 0 saturated carbocycles. The van der Waals surface area contributed by atoms with Gasteiger partial charge in [-0.05, 0) is 44.9 Å². The van der Waals surface area contributed by atoms with Gasteiger partial charge in [0.1, 0.15) is 0 Å². The van der Waals surface area contributed by atoms with Crippen molar-refractivity contribution >= 4 is 5.97 Å². The van der Waals surface area contributed by atoms with Crippen LogP contribution in [0.1, 0.15) is 96.8 Å². The van der Waals surface area contributed by atoms with E-state index in [4.69, 9.17) is 9.84 Å². The second-order valence-corrected chi connectivity index (χ2v) is 6.81. The van der Waals surface area contributed by atoms with E-state index in [9.17, 15) is 4.79 Å². The maximum Gasteiger partial charge on any atom is 0.303 e. The van der Waals surface area contributed by atoms with Crippen LogP contribution >= 0.6 is 0 Å². The average Bonchev–Trinajstić information content (AvgIpc) is 3.27. The van der Waals surface area contributed by atoms with E-state index in [1.807, 2.05) is 0 Å². The molecule has 3 heteroatoms. The molecule has 1 aliphatic rings. The second kappa shape index (κ2) is 13.6. The molecule has 3 nitrogen and oxygen atoms in total. The molecule has 0 aromatic carbocycles. The molecule has 1 saturated heterocycles. The number of hydrogen-bond donors (Lipinski definition) is 1. The van der Waals surface area contributed by atoms with Crippen molar-refractivity contribution in [2.45, 2.75) is 109 Å². The van der Waals surface area contributed by atoms with E-state index < -0.39 is 5.97 Å². The Labute approximate surface area is 142 Å². The van der Waals surface area contributed by atoms with Gasteiger partial charge in [0, 0.05) is 6.42 Å². The second-order valence-electron chi connectivity index (χ2n) is 6.81. The van der Waals surface area contributed by atoms with Crippen molar-refractivity contribution in [3.05, 3.63) is 12.2 Å². The molecule has 134 valence electrons. The van der Waals surface area contributed by atoms with Gasteiger partial charge in [0.25, 0.3) is 0 Å². The summed E-state index contributed by atoms with van der Waals surface area (Å²) in [5, 5.41) is 8.56. The molecule has 1 N–H and O–H groups in total. The first-order chi connectivity index (χ1) is 11.2. The molecule has 1 aliphatic heterocycles. The Hall–Kier alpha value is -0.830. The van der Waals surface area contributed by atoms with Gasteiger partial charge in [-0.25, -0.2) is 0 Å². The molecular weight excluding hydrogens is 288 g/mol. The third-order valence-electron chi connectivity index (χ3n) is 4.57. The number of epoxide rings is 1. The quantitative estimate of drug-likeness (QED) is 0.219. The Kier molecular flexibility index (Phi) is 11.9. The van der Waals surface area contributed by atoms with Crippen molar-refractivity contribution in [3.8, 4) is 0 Å². The fourth-order valence-electron chi connectivity index (χ4n) is 3.02. The summed E-state index contributed by atoms with van der Waals surface area (Å²) in [6.07, 6.45) is 21.6. The summed E-state index contributed by atoms with van der Waals surface area (Å²) in [6.45, 7) is 2.25. The fraction of sp³-hybridized carbons (Fsp3) is 0.850. The van der Waals surface area contributed by atoms with Crippen LogP contribution in [0.3, 0.4) is 0 Å². The number of ether oxygens (including phenoxy) is 1. The highest BCUT2D eigenvalue weighted by Crippen LogP contribution is 2.31. The minimum absolute atomic E-state index is 0.315. The third-order valence-corrected chi connectivity index (χ3v) is 4.57. The fourth-order valence-corrected chi connectivity index (χ4v) is 3.02. The zero-order valence-corrected chi connectivity index (χ0v) is 15.0. The zero-order chi connectivity index (χ0) is 16.8. The Morgan fingerprint density at radius 2 is 1.43 bits per heavy atom. The molecule has 0 amide bonds. The lowest BCUT2D eigenvalue weighted by atomic mass is 10.0. The lowest BCUT2D eigenvalue weighted by Crippen LogP contribution is -1.96. The van der Waals surface area contributed by atoms with Gasteiger partial charge in [0.05, 0.1) is 12.2 Å². The summed E-state index contributed by atoms with van der Waals surface area (Å²) in [7, 11) is 0. The lowest BCUT2D eigenvalue weighted by Gasteiger charge is -1.98.